The van der Waals surface area contributed by atoms with E-state index in [1.54, 1.807) is 11.8 Å². The molecule has 1 amide bonds. The zero-order valence-electron chi connectivity index (χ0n) is 15.7. The number of nitrogens with zero attached hydrogens (tertiary/aromatic N) is 4. The van der Waals surface area contributed by atoms with Crippen molar-refractivity contribution in [1.29, 1.82) is 0 Å². The minimum atomic E-state index is -4.52. The van der Waals surface area contributed by atoms with Crippen LogP contribution in [0.25, 0.3) is 0 Å². The Balaban J connectivity index is 1.60. The topological polar surface area (TPSA) is 41.4 Å². The van der Waals surface area contributed by atoms with Crippen LogP contribution in [0.5, 0.6) is 0 Å². The molecule has 1 fully saturated rings. The van der Waals surface area contributed by atoms with Crippen molar-refractivity contribution in [2.45, 2.75) is 32.6 Å². The maximum Gasteiger partial charge on any atom is 0.435 e. The molecule has 9 heteroatoms. The third kappa shape index (κ3) is 4.57. The lowest BCUT2D eigenvalue weighted by atomic mass is 10.2. The Hall–Kier alpha value is -1.87. The summed E-state index contributed by atoms with van der Waals surface area (Å²) < 4.78 is 40.8. The number of alkyl halides is 3. The van der Waals surface area contributed by atoms with Gasteiger partial charge in [-0.05, 0) is 31.5 Å². The Bertz CT molecular complexity index is 844. The summed E-state index contributed by atoms with van der Waals surface area (Å²) in [6, 6.07) is 8.21. The van der Waals surface area contributed by atoms with E-state index >= 15 is 0 Å². The molecule has 1 aromatic heterocycles. The van der Waals surface area contributed by atoms with Gasteiger partial charge in [0.25, 0.3) is 0 Å². The summed E-state index contributed by atoms with van der Waals surface area (Å²) in [5, 5.41) is 3.61. The SMILES string of the molecule is Cc1cc(C(F)(F)F)nn1C(C)C(=O)N1CCN(Cc2ccccc2Br)CC1. The van der Waals surface area contributed by atoms with E-state index in [2.05, 4.69) is 32.0 Å². The van der Waals surface area contributed by atoms with Crippen LogP contribution in [-0.4, -0.2) is 51.7 Å². The Labute approximate surface area is 170 Å². The van der Waals surface area contributed by atoms with Gasteiger partial charge in [-0.3, -0.25) is 14.4 Å². The molecule has 0 N–H and O–H groups in total. The van der Waals surface area contributed by atoms with Gasteiger partial charge < -0.3 is 4.90 Å². The lowest BCUT2D eigenvalue weighted by Crippen LogP contribution is -2.50. The van der Waals surface area contributed by atoms with Crippen molar-refractivity contribution < 1.29 is 18.0 Å². The van der Waals surface area contributed by atoms with Crippen LogP contribution < -0.4 is 0 Å². The van der Waals surface area contributed by atoms with Crippen LogP contribution in [0.2, 0.25) is 0 Å². The van der Waals surface area contributed by atoms with Crippen molar-refractivity contribution in [3.8, 4) is 0 Å². The first-order valence-corrected chi connectivity index (χ1v) is 9.84. The molecule has 1 aliphatic rings. The number of benzene rings is 1. The summed E-state index contributed by atoms with van der Waals surface area (Å²) in [4.78, 5) is 16.7. The standard InChI is InChI=1S/C19H22BrF3N4O/c1-13-11-17(19(21,22)23)24-27(13)14(2)18(28)26-9-7-25(8-10-26)12-15-5-3-4-6-16(15)20/h3-6,11,14H,7-10,12H2,1-2H3. The second kappa shape index (κ2) is 8.24. The van der Waals surface area contributed by atoms with E-state index < -0.39 is 17.9 Å². The molecule has 3 rings (SSSR count). The third-order valence-corrected chi connectivity index (χ3v) is 5.75. The van der Waals surface area contributed by atoms with Crippen LogP contribution in [0, 0.1) is 6.92 Å². The molecule has 1 aliphatic heterocycles. The third-order valence-electron chi connectivity index (χ3n) is 4.97. The monoisotopic (exact) mass is 458 g/mol. The summed E-state index contributed by atoms with van der Waals surface area (Å²) in [6.45, 7) is 6.42. The highest BCUT2D eigenvalue weighted by atomic mass is 79.9. The second-order valence-corrected chi connectivity index (χ2v) is 7.84. The van der Waals surface area contributed by atoms with Crippen LogP contribution in [-0.2, 0) is 17.5 Å². The van der Waals surface area contributed by atoms with Gasteiger partial charge in [0.05, 0.1) is 0 Å². The summed E-state index contributed by atoms with van der Waals surface area (Å²) in [5.74, 6) is -0.208. The lowest BCUT2D eigenvalue weighted by Gasteiger charge is -2.36. The quantitative estimate of drug-likeness (QED) is 0.697. The van der Waals surface area contributed by atoms with Gasteiger partial charge in [0.1, 0.15) is 6.04 Å². The highest BCUT2D eigenvalue weighted by Crippen LogP contribution is 2.29. The maximum atomic E-state index is 12.9. The van der Waals surface area contributed by atoms with Gasteiger partial charge in [-0.2, -0.15) is 18.3 Å². The van der Waals surface area contributed by atoms with E-state index in [-0.39, 0.29) is 5.91 Å². The van der Waals surface area contributed by atoms with Gasteiger partial charge in [0.2, 0.25) is 5.91 Å². The summed E-state index contributed by atoms with van der Waals surface area (Å²) >= 11 is 3.54. The van der Waals surface area contributed by atoms with Crippen molar-refractivity contribution in [2.24, 2.45) is 0 Å². The fraction of sp³-hybridized carbons (Fsp3) is 0.474. The number of hydrogen-bond donors (Lipinski definition) is 0. The number of piperazine rings is 1. The first-order chi connectivity index (χ1) is 13.2. The number of aryl methyl sites for hydroxylation is 1. The van der Waals surface area contributed by atoms with Crippen molar-refractivity contribution in [3.05, 3.63) is 51.8 Å². The van der Waals surface area contributed by atoms with Crippen LogP contribution in [0.4, 0.5) is 13.2 Å². The molecule has 152 valence electrons. The van der Waals surface area contributed by atoms with E-state index in [1.165, 1.54) is 17.2 Å². The van der Waals surface area contributed by atoms with E-state index in [0.717, 1.165) is 17.1 Å². The Kier molecular flexibility index (Phi) is 6.14. The van der Waals surface area contributed by atoms with Gasteiger partial charge in [0, 0.05) is 42.9 Å². The normalized spacial score (nSPS) is 17.0. The minimum Gasteiger partial charge on any atom is -0.338 e. The summed E-state index contributed by atoms with van der Waals surface area (Å²) in [5.41, 5.74) is 0.533. The van der Waals surface area contributed by atoms with Gasteiger partial charge in [0.15, 0.2) is 5.69 Å². The fourth-order valence-corrected chi connectivity index (χ4v) is 3.79. The Morgan fingerprint density at radius 1 is 1.21 bits per heavy atom. The average molecular weight is 459 g/mol. The molecule has 0 radical (unpaired) electrons. The Morgan fingerprint density at radius 2 is 1.86 bits per heavy atom. The molecule has 1 aromatic carbocycles. The van der Waals surface area contributed by atoms with Crippen molar-refractivity contribution in [1.82, 2.24) is 19.6 Å². The molecule has 0 aliphatic carbocycles. The number of rotatable bonds is 4. The maximum absolute atomic E-state index is 12.9. The molecule has 0 bridgehead atoms. The van der Waals surface area contributed by atoms with E-state index in [4.69, 9.17) is 0 Å². The van der Waals surface area contributed by atoms with Crippen molar-refractivity contribution >= 4 is 21.8 Å². The first-order valence-electron chi connectivity index (χ1n) is 9.04. The zero-order valence-corrected chi connectivity index (χ0v) is 17.3. The van der Waals surface area contributed by atoms with E-state index in [0.29, 0.717) is 31.9 Å². The smallest absolute Gasteiger partial charge is 0.338 e. The van der Waals surface area contributed by atoms with Gasteiger partial charge in [-0.15, -0.1) is 0 Å². The predicted octanol–water partition coefficient (Wildman–Crippen LogP) is 3.88. The second-order valence-electron chi connectivity index (χ2n) is 6.98. The summed E-state index contributed by atoms with van der Waals surface area (Å²) in [7, 11) is 0. The van der Waals surface area contributed by atoms with Gasteiger partial charge >= 0.3 is 6.18 Å². The van der Waals surface area contributed by atoms with E-state index in [9.17, 15) is 18.0 Å². The number of hydrogen-bond acceptors (Lipinski definition) is 3. The largest absolute Gasteiger partial charge is 0.435 e. The van der Waals surface area contributed by atoms with Gasteiger partial charge in [-0.25, -0.2) is 0 Å². The van der Waals surface area contributed by atoms with Gasteiger partial charge in [-0.1, -0.05) is 34.1 Å². The molecular weight excluding hydrogens is 437 g/mol. The fourth-order valence-electron chi connectivity index (χ4n) is 3.38. The number of carbonyl (C=O) groups excluding carboxylic acids is 1. The zero-order chi connectivity index (χ0) is 20.5. The number of halogens is 4. The lowest BCUT2D eigenvalue weighted by molar-refractivity contribution is -0.143. The van der Waals surface area contributed by atoms with Crippen molar-refractivity contribution in [3.63, 3.8) is 0 Å². The van der Waals surface area contributed by atoms with Crippen molar-refractivity contribution in [2.75, 3.05) is 26.2 Å². The molecule has 0 spiro atoms. The van der Waals surface area contributed by atoms with Crippen LogP contribution in [0.1, 0.15) is 29.9 Å². The average Bonchev–Trinajstić information content (AvgIpc) is 3.05. The highest BCUT2D eigenvalue weighted by Gasteiger charge is 2.36. The first kappa shape index (κ1) is 20.9. The van der Waals surface area contributed by atoms with E-state index in [1.807, 2.05) is 18.2 Å². The molecule has 5 nitrogen and oxygen atoms in total. The molecule has 28 heavy (non-hydrogen) atoms. The predicted molar refractivity (Wildman–Crippen MR) is 103 cm³/mol. The molecule has 0 saturated carbocycles. The number of aromatic nitrogens is 2. The van der Waals surface area contributed by atoms with Crippen LogP contribution in [0.3, 0.4) is 0 Å². The molecule has 1 unspecified atom stereocenters. The molecular formula is C19H22BrF3N4O. The highest BCUT2D eigenvalue weighted by molar-refractivity contribution is 9.10. The summed E-state index contributed by atoms with van der Waals surface area (Å²) in [6.07, 6.45) is -4.52. The number of amides is 1. The molecule has 1 atom stereocenters. The molecule has 1 saturated heterocycles. The number of carbonyl (C=O) groups is 1. The minimum absolute atomic E-state index is 0.208. The van der Waals surface area contributed by atoms with Crippen LogP contribution in [0.15, 0.2) is 34.8 Å². The molecule has 2 aromatic rings. The Morgan fingerprint density at radius 3 is 2.43 bits per heavy atom. The molecule has 2 heterocycles. The van der Waals surface area contributed by atoms with Crippen LogP contribution >= 0.6 is 15.9 Å².